The summed E-state index contributed by atoms with van der Waals surface area (Å²) in [7, 11) is 0. The lowest BCUT2D eigenvalue weighted by Crippen LogP contribution is -1.99. The van der Waals surface area contributed by atoms with Crippen molar-refractivity contribution in [3.05, 3.63) is 24.3 Å². The van der Waals surface area contributed by atoms with Crippen LogP contribution in [0.15, 0.2) is 29.4 Å². The van der Waals surface area contributed by atoms with Crippen molar-refractivity contribution < 1.29 is 4.84 Å². The van der Waals surface area contributed by atoms with E-state index in [1.807, 2.05) is 25.1 Å². The molecule has 4 nitrogen and oxygen atoms in total. The van der Waals surface area contributed by atoms with Crippen LogP contribution >= 0.6 is 0 Å². The van der Waals surface area contributed by atoms with Crippen molar-refractivity contribution in [2.75, 3.05) is 12.1 Å². The summed E-state index contributed by atoms with van der Waals surface area (Å²) in [5.74, 6) is 0. The summed E-state index contributed by atoms with van der Waals surface area (Å²) in [6.45, 7) is 2.46. The molecule has 2 N–H and O–H groups in total. The van der Waals surface area contributed by atoms with Crippen LogP contribution in [0.2, 0.25) is 0 Å². The van der Waals surface area contributed by atoms with E-state index in [2.05, 4.69) is 10.6 Å². The maximum atomic E-state index is 6.85. The number of para-hydroxylation sites is 2. The molecule has 0 spiro atoms. The second-order valence-electron chi connectivity index (χ2n) is 2.16. The summed E-state index contributed by atoms with van der Waals surface area (Å²) >= 11 is 0. The SMILES string of the molecule is CCONc1ccccc1N=N. The maximum absolute atomic E-state index is 6.85. The fourth-order valence-electron chi connectivity index (χ4n) is 0.807. The van der Waals surface area contributed by atoms with Crippen LogP contribution in [0, 0.1) is 5.53 Å². The zero-order valence-electron chi connectivity index (χ0n) is 6.87. The van der Waals surface area contributed by atoms with E-state index in [0.29, 0.717) is 18.0 Å². The van der Waals surface area contributed by atoms with E-state index in [1.165, 1.54) is 0 Å². The molecule has 0 radical (unpaired) electrons. The molecule has 0 amide bonds. The molecule has 0 fully saturated rings. The topological polar surface area (TPSA) is 57.5 Å². The summed E-state index contributed by atoms with van der Waals surface area (Å²) in [6, 6.07) is 7.23. The van der Waals surface area contributed by atoms with Crippen molar-refractivity contribution in [1.29, 1.82) is 5.53 Å². The van der Waals surface area contributed by atoms with Gasteiger partial charge in [0.05, 0.1) is 12.3 Å². The second-order valence-corrected chi connectivity index (χ2v) is 2.16. The second kappa shape index (κ2) is 4.46. The first-order chi connectivity index (χ1) is 5.88. The van der Waals surface area contributed by atoms with Crippen LogP contribution in [0.5, 0.6) is 0 Å². The largest absolute Gasteiger partial charge is 0.276 e. The molecule has 0 aliphatic heterocycles. The quantitative estimate of drug-likeness (QED) is 0.532. The normalized spacial score (nSPS) is 9.42. The number of benzene rings is 1. The van der Waals surface area contributed by atoms with Crippen LogP contribution in [0.25, 0.3) is 0 Å². The highest BCUT2D eigenvalue weighted by Crippen LogP contribution is 2.23. The Kier molecular flexibility index (Phi) is 3.22. The third-order valence-corrected chi connectivity index (χ3v) is 1.35. The summed E-state index contributed by atoms with van der Waals surface area (Å²) in [6.07, 6.45) is 0. The van der Waals surface area contributed by atoms with Gasteiger partial charge in [-0.3, -0.25) is 10.3 Å². The van der Waals surface area contributed by atoms with Crippen LogP contribution < -0.4 is 5.48 Å². The minimum absolute atomic E-state index is 0.575. The standard InChI is InChI=1S/C8H11N3O/c1-2-12-11-8-6-4-3-5-7(8)10-9/h3-6,9,11H,2H2,1H3. The van der Waals surface area contributed by atoms with Crippen molar-refractivity contribution in [3.63, 3.8) is 0 Å². The molecule has 0 atom stereocenters. The summed E-state index contributed by atoms with van der Waals surface area (Å²) < 4.78 is 0. The number of anilines is 1. The highest BCUT2D eigenvalue weighted by molar-refractivity contribution is 5.63. The molecule has 64 valence electrons. The molecule has 0 heterocycles. The van der Waals surface area contributed by atoms with E-state index in [-0.39, 0.29) is 0 Å². The summed E-state index contributed by atoms with van der Waals surface area (Å²) in [5, 5.41) is 3.33. The van der Waals surface area contributed by atoms with E-state index in [0.717, 1.165) is 0 Å². The van der Waals surface area contributed by atoms with Gasteiger partial charge in [-0.05, 0) is 19.1 Å². The van der Waals surface area contributed by atoms with Crippen molar-refractivity contribution in [2.24, 2.45) is 5.11 Å². The predicted octanol–water partition coefficient (Wildman–Crippen LogP) is 2.71. The number of hydrogen-bond acceptors (Lipinski definition) is 4. The molecule has 0 saturated carbocycles. The van der Waals surface area contributed by atoms with Gasteiger partial charge in [-0.2, -0.15) is 5.11 Å². The predicted molar refractivity (Wildman–Crippen MR) is 46.5 cm³/mol. The maximum Gasteiger partial charge on any atom is 0.110 e. The molecule has 12 heavy (non-hydrogen) atoms. The van der Waals surface area contributed by atoms with E-state index in [9.17, 15) is 0 Å². The average Bonchev–Trinajstić information content (AvgIpc) is 2.15. The molecule has 0 saturated heterocycles. The Morgan fingerprint density at radius 2 is 2.25 bits per heavy atom. The number of hydrogen-bond donors (Lipinski definition) is 2. The smallest absolute Gasteiger partial charge is 0.110 e. The number of rotatable bonds is 4. The van der Waals surface area contributed by atoms with Gasteiger partial charge in [0.25, 0.3) is 0 Å². The van der Waals surface area contributed by atoms with E-state index < -0.39 is 0 Å². The lowest BCUT2D eigenvalue weighted by molar-refractivity contribution is 0.210. The Labute approximate surface area is 71.0 Å². The Bertz CT molecular complexity index is 262. The molecule has 0 aromatic heterocycles. The van der Waals surface area contributed by atoms with E-state index in [1.54, 1.807) is 6.07 Å². The van der Waals surface area contributed by atoms with Gasteiger partial charge >= 0.3 is 0 Å². The zero-order chi connectivity index (χ0) is 8.81. The Hall–Kier alpha value is -1.42. The van der Waals surface area contributed by atoms with Crippen LogP contribution in [-0.4, -0.2) is 6.61 Å². The van der Waals surface area contributed by atoms with Crippen LogP contribution in [0.3, 0.4) is 0 Å². The van der Waals surface area contributed by atoms with Crippen LogP contribution in [0.4, 0.5) is 11.4 Å². The molecule has 1 rings (SSSR count). The molecular weight excluding hydrogens is 154 g/mol. The van der Waals surface area contributed by atoms with Gasteiger partial charge in [-0.25, -0.2) is 5.53 Å². The first kappa shape index (κ1) is 8.67. The monoisotopic (exact) mass is 165 g/mol. The minimum Gasteiger partial charge on any atom is -0.276 e. The fourth-order valence-corrected chi connectivity index (χ4v) is 0.807. The molecular formula is C8H11N3O. The van der Waals surface area contributed by atoms with Gasteiger partial charge in [0, 0.05) is 0 Å². The average molecular weight is 165 g/mol. The van der Waals surface area contributed by atoms with Crippen molar-refractivity contribution >= 4 is 11.4 Å². The summed E-state index contributed by atoms with van der Waals surface area (Å²) in [5.41, 5.74) is 10.8. The van der Waals surface area contributed by atoms with Gasteiger partial charge in [-0.1, -0.05) is 12.1 Å². The van der Waals surface area contributed by atoms with Crippen molar-refractivity contribution in [3.8, 4) is 0 Å². The molecule has 4 heteroatoms. The first-order valence-corrected chi connectivity index (χ1v) is 3.72. The molecule has 0 bridgehead atoms. The third-order valence-electron chi connectivity index (χ3n) is 1.35. The van der Waals surface area contributed by atoms with Gasteiger partial charge in [0.1, 0.15) is 5.69 Å². The van der Waals surface area contributed by atoms with E-state index >= 15 is 0 Å². The Morgan fingerprint density at radius 1 is 1.50 bits per heavy atom. The highest BCUT2D eigenvalue weighted by Gasteiger charge is 1.97. The first-order valence-electron chi connectivity index (χ1n) is 3.72. The molecule has 0 unspecified atom stereocenters. The number of nitrogens with zero attached hydrogens (tertiary/aromatic N) is 1. The minimum atomic E-state index is 0.575. The summed E-state index contributed by atoms with van der Waals surface area (Å²) in [4.78, 5) is 4.97. The molecule has 1 aromatic rings. The highest BCUT2D eigenvalue weighted by atomic mass is 16.6. The Balaban J connectivity index is 2.75. The lowest BCUT2D eigenvalue weighted by atomic mass is 10.3. The van der Waals surface area contributed by atoms with Gasteiger partial charge in [0.15, 0.2) is 0 Å². The van der Waals surface area contributed by atoms with E-state index in [4.69, 9.17) is 10.4 Å². The Morgan fingerprint density at radius 3 is 2.92 bits per heavy atom. The molecule has 0 aliphatic carbocycles. The van der Waals surface area contributed by atoms with Crippen molar-refractivity contribution in [2.45, 2.75) is 6.92 Å². The number of nitrogens with one attached hydrogen (secondary N) is 2. The van der Waals surface area contributed by atoms with Crippen LogP contribution in [0.1, 0.15) is 6.92 Å². The van der Waals surface area contributed by atoms with Gasteiger partial charge < -0.3 is 0 Å². The third kappa shape index (κ3) is 2.03. The van der Waals surface area contributed by atoms with Crippen molar-refractivity contribution in [1.82, 2.24) is 0 Å². The molecule has 0 aliphatic rings. The van der Waals surface area contributed by atoms with Gasteiger partial charge in [-0.15, -0.1) is 0 Å². The van der Waals surface area contributed by atoms with Crippen LogP contribution in [-0.2, 0) is 4.84 Å². The lowest BCUT2D eigenvalue weighted by Gasteiger charge is -2.05. The fraction of sp³-hybridized carbons (Fsp3) is 0.250. The molecule has 1 aromatic carbocycles. The van der Waals surface area contributed by atoms with Gasteiger partial charge in [0.2, 0.25) is 0 Å². The zero-order valence-corrected chi connectivity index (χ0v) is 6.87.